The molecule has 0 heterocycles. The molecule has 1 nitrogen and oxygen atoms in total. The van der Waals surface area contributed by atoms with E-state index in [0.29, 0.717) is 0 Å². The molecule has 0 amide bonds. The van der Waals surface area contributed by atoms with Gasteiger partial charge in [0.25, 0.3) is 0 Å². The molecule has 1 atom stereocenters. The fourth-order valence-corrected chi connectivity index (χ4v) is 3.60. The highest BCUT2D eigenvalue weighted by Crippen LogP contribution is 2.26. The molecule has 0 radical (unpaired) electrons. The van der Waals surface area contributed by atoms with Crippen LogP contribution in [0.1, 0.15) is 17.2 Å². The van der Waals surface area contributed by atoms with Crippen molar-refractivity contribution in [2.45, 2.75) is 12.5 Å². The average molecular weight is 404 g/mol. The summed E-state index contributed by atoms with van der Waals surface area (Å²) >= 11 is 13.1. The van der Waals surface area contributed by atoms with Gasteiger partial charge >= 0.3 is 0 Å². The second kappa shape index (κ2) is 6.89. The van der Waals surface area contributed by atoms with E-state index < -0.39 is 0 Å². The Morgan fingerprint density at radius 3 is 2.37 bits per heavy atom. The zero-order valence-electron chi connectivity index (χ0n) is 10.5. The summed E-state index contributed by atoms with van der Waals surface area (Å²) in [6.45, 7) is 0. The minimum Gasteiger partial charge on any atom is -0.313 e. The van der Waals surface area contributed by atoms with Gasteiger partial charge < -0.3 is 5.32 Å². The average Bonchev–Trinajstić information content (AvgIpc) is 2.34. The van der Waals surface area contributed by atoms with E-state index in [0.717, 1.165) is 20.4 Å². The molecule has 19 heavy (non-hydrogen) atoms. The Morgan fingerprint density at radius 2 is 1.79 bits per heavy atom. The minimum absolute atomic E-state index is 0.257. The van der Waals surface area contributed by atoms with Crippen LogP contribution in [0.3, 0.4) is 0 Å². The largest absolute Gasteiger partial charge is 0.313 e. The molecule has 0 saturated heterocycles. The third kappa shape index (κ3) is 4.32. The first kappa shape index (κ1) is 15.0. The molecule has 0 bridgehead atoms. The Morgan fingerprint density at radius 1 is 1.11 bits per heavy atom. The molecule has 1 N–H and O–H groups in total. The van der Waals surface area contributed by atoms with E-state index in [2.05, 4.69) is 55.4 Å². The van der Waals surface area contributed by atoms with Gasteiger partial charge in [-0.05, 0) is 54.9 Å². The molecule has 100 valence electrons. The molecular weight excluding hydrogens is 389 g/mol. The second-order valence-corrected chi connectivity index (χ2v) is 6.65. The second-order valence-electron chi connectivity index (χ2n) is 4.38. The van der Waals surface area contributed by atoms with Crippen molar-refractivity contribution in [2.75, 3.05) is 7.05 Å². The Bertz CT molecular complexity index is 552. The lowest BCUT2D eigenvalue weighted by Crippen LogP contribution is -2.18. The topological polar surface area (TPSA) is 12.0 Å². The van der Waals surface area contributed by atoms with Crippen molar-refractivity contribution in [3.05, 3.63) is 67.6 Å². The molecule has 0 aliphatic heterocycles. The third-order valence-electron chi connectivity index (χ3n) is 2.96. The van der Waals surface area contributed by atoms with Gasteiger partial charge in [-0.1, -0.05) is 55.6 Å². The first-order valence-electron chi connectivity index (χ1n) is 5.96. The monoisotopic (exact) mass is 401 g/mol. The van der Waals surface area contributed by atoms with Crippen molar-refractivity contribution in [1.82, 2.24) is 5.32 Å². The van der Waals surface area contributed by atoms with Crippen LogP contribution < -0.4 is 5.32 Å². The van der Waals surface area contributed by atoms with Crippen LogP contribution in [0.2, 0.25) is 5.02 Å². The molecule has 0 fully saturated rings. The number of hydrogen-bond donors (Lipinski definition) is 1. The lowest BCUT2D eigenvalue weighted by atomic mass is 9.99. The van der Waals surface area contributed by atoms with Crippen LogP contribution in [0, 0.1) is 0 Å². The third-order valence-corrected chi connectivity index (χ3v) is 4.12. The highest BCUT2D eigenvalue weighted by molar-refractivity contribution is 9.11. The number of halogens is 3. The summed E-state index contributed by atoms with van der Waals surface area (Å²) in [5.74, 6) is 0. The Balaban J connectivity index is 2.24. The summed E-state index contributed by atoms with van der Waals surface area (Å²) in [6, 6.07) is 14.6. The molecule has 0 aliphatic rings. The first-order chi connectivity index (χ1) is 9.08. The van der Waals surface area contributed by atoms with Crippen molar-refractivity contribution in [3.8, 4) is 0 Å². The maximum atomic E-state index is 6.03. The zero-order chi connectivity index (χ0) is 13.8. The molecule has 0 aromatic heterocycles. The SMILES string of the molecule is CNC(Cc1cccc(Cl)c1)c1cc(Br)cc(Br)c1. The number of nitrogens with one attached hydrogen (secondary N) is 1. The lowest BCUT2D eigenvalue weighted by molar-refractivity contribution is 0.591. The fourth-order valence-electron chi connectivity index (χ4n) is 2.06. The van der Waals surface area contributed by atoms with E-state index in [1.807, 2.05) is 31.3 Å². The van der Waals surface area contributed by atoms with E-state index in [1.54, 1.807) is 0 Å². The van der Waals surface area contributed by atoms with Crippen LogP contribution in [0.5, 0.6) is 0 Å². The van der Waals surface area contributed by atoms with Crippen molar-refractivity contribution < 1.29 is 0 Å². The van der Waals surface area contributed by atoms with Gasteiger partial charge in [0.2, 0.25) is 0 Å². The van der Waals surface area contributed by atoms with Crippen molar-refractivity contribution in [2.24, 2.45) is 0 Å². The van der Waals surface area contributed by atoms with Crippen LogP contribution in [-0.4, -0.2) is 7.05 Å². The highest BCUT2D eigenvalue weighted by atomic mass is 79.9. The number of likely N-dealkylation sites (N-methyl/N-ethyl adjacent to an activating group) is 1. The summed E-state index contributed by atoms with van der Waals surface area (Å²) in [4.78, 5) is 0. The van der Waals surface area contributed by atoms with E-state index in [1.165, 1.54) is 11.1 Å². The van der Waals surface area contributed by atoms with Gasteiger partial charge in [-0.25, -0.2) is 0 Å². The van der Waals surface area contributed by atoms with Crippen molar-refractivity contribution >= 4 is 43.5 Å². The van der Waals surface area contributed by atoms with Gasteiger partial charge in [0.15, 0.2) is 0 Å². The summed E-state index contributed by atoms with van der Waals surface area (Å²) < 4.78 is 2.14. The van der Waals surface area contributed by atoms with Crippen LogP contribution in [-0.2, 0) is 6.42 Å². The standard InChI is InChI=1S/C15H14Br2ClN/c1-19-15(6-10-3-2-4-14(18)5-10)11-7-12(16)9-13(17)8-11/h2-5,7-9,15,19H,6H2,1H3. The van der Waals surface area contributed by atoms with E-state index in [-0.39, 0.29) is 6.04 Å². The Kier molecular flexibility index (Phi) is 5.46. The van der Waals surface area contributed by atoms with Gasteiger partial charge in [-0.3, -0.25) is 0 Å². The van der Waals surface area contributed by atoms with Gasteiger partial charge in [-0.2, -0.15) is 0 Å². The highest BCUT2D eigenvalue weighted by Gasteiger charge is 2.11. The van der Waals surface area contributed by atoms with Crippen LogP contribution >= 0.6 is 43.5 Å². The maximum Gasteiger partial charge on any atom is 0.0408 e. The Labute approximate surface area is 135 Å². The molecule has 0 spiro atoms. The van der Waals surface area contributed by atoms with Gasteiger partial charge in [0.1, 0.15) is 0 Å². The van der Waals surface area contributed by atoms with Crippen molar-refractivity contribution in [1.29, 1.82) is 0 Å². The number of hydrogen-bond acceptors (Lipinski definition) is 1. The van der Waals surface area contributed by atoms with E-state index in [4.69, 9.17) is 11.6 Å². The van der Waals surface area contributed by atoms with E-state index in [9.17, 15) is 0 Å². The summed E-state index contributed by atoms with van der Waals surface area (Å²) in [7, 11) is 1.98. The molecule has 2 aromatic rings. The van der Waals surface area contributed by atoms with Gasteiger partial charge in [0.05, 0.1) is 0 Å². The van der Waals surface area contributed by atoms with Gasteiger partial charge in [-0.15, -0.1) is 0 Å². The fraction of sp³-hybridized carbons (Fsp3) is 0.200. The predicted molar refractivity (Wildman–Crippen MR) is 88.8 cm³/mol. The van der Waals surface area contributed by atoms with Crippen LogP contribution in [0.4, 0.5) is 0 Å². The molecule has 0 saturated carbocycles. The molecule has 2 rings (SSSR count). The predicted octanol–water partition coefficient (Wildman–Crippen LogP) is 5.37. The normalized spacial score (nSPS) is 12.4. The maximum absolute atomic E-state index is 6.03. The number of rotatable bonds is 4. The molecule has 4 heteroatoms. The summed E-state index contributed by atoms with van der Waals surface area (Å²) in [6.07, 6.45) is 0.903. The number of benzene rings is 2. The van der Waals surface area contributed by atoms with E-state index >= 15 is 0 Å². The van der Waals surface area contributed by atoms with Crippen LogP contribution in [0.25, 0.3) is 0 Å². The first-order valence-corrected chi connectivity index (χ1v) is 7.92. The molecule has 1 unspecified atom stereocenters. The smallest absolute Gasteiger partial charge is 0.0408 e. The quantitative estimate of drug-likeness (QED) is 0.724. The van der Waals surface area contributed by atoms with Crippen LogP contribution in [0.15, 0.2) is 51.4 Å². The van der Waals surface area contributed by atoms with Crippen molar-refractivity contribution in [3.63, 3.8) is 0 Å². The zero-order valence-corrected chi connectivity index (χ0v) is 14.4. The lowest BCUT2D eigenvalue weighted by Gasteiger charge is -2.18. The molecule has 2 aromatic carbocycles. The minimum atomic E-state index is 0.257. The summed E-state index contributed by atoms with van der Waals surface area (Å²) in [5.41, 5.74) is 2.46. The summed E-state index contributed by atoms with van der Waals surface area (Å²) in [5, 5.41) is 4.14. The van der Waals surface area contributed by atoms with Gasteiger partial charge in [0, 0.05) is 20.0 Å². The molecule has 0 aliphatic carbocycles. The Hall–Kier alpha value is -0.350. The molecular formula is C15H14Br2ClN.